The van der Waals surface area contributed by atoms with E-state index in [4.69, 9.17) is 23.2 Å². The first-order valence-corrected chi connectivity index (χ1v) is 7.06. The lowest BCUT2D eigenvalue weighted by molar-refractivity contribution is 0.567. The molecule has 1 aromatic carbocycles. The average Bonchev–Trinajstić information content (AvgIpc) is 2.77. The van der Waals surface area contributed by atoms with Gasteiger partial charge in [0.25, 0.3) is 0 Å². The van der Waals surface area contributed by atoms with Crippen LogP contribution in [0.4, 0.5) is 8.78 Å². The number of alkyl halides is 1. The maximum atomic E-state index is 14.1. The van der Waals surface area contributed by atoms with Crippen molar-refractivity contribution in [2.24, 2.45) is 0 Å². The molecule has 0 radical (unpaired) electrons. The topological polar surface area (TPSA) is 30.7 Å². The summed E-state index contributed by atoms with van der Waals surface area (Å²) in [5.41, 5.74) is 0.587. The molecule has 21 heavy (non-hydrogen) atoms. The van der Waals surface area contributed by atoms with Crippen LogP contribution in [-0.2, 0) is 6.42 Å². The Hall–Kier alpha value is -1.72. The molecular weight excluding hydrogens is 319 g/mol. The molecule has 3 rings (SSSR count). The van der Waals surface area contributed by atoms with Gasteiger partial charge in [0.05, 0.1) is 5.02 Å². The van der Waals surface area contributed by atoms with E-state index in [0.717, 1.165) is 0 Å². The standard InChI is InChI=1S/C14H9Cl2F2N3/c15-5-4-12-20-11-6-8(16)7-19-14(11)21(12)13-9(17)2-1-3-10(13)18/h1-3,6-7H,4-5H2. The van der Waals surface area contributed by atoms with E-state index in [9.17, 15) is 8.78 Å². The number of benzene rings is 1. The second-order valence-electron chi connectivity index (χ2n) is 4.37. The fourth-order valence-electron chi connectivity index (χ4n) is 2.18. The summed E-state index contributed by atoms with van der Waals surface area (Å²) in [5, 5.41) is 0.401. The van der Waals surface area contributed by atoms with E-state index >= 15 is 0 Å². The Bertz CT molecular complexity index is 797. The van der Waals surface area contributed by atoms with E-state index in [1.54, 1.807) is 6.07 Å². The maximum absolute atomic E-state index is 14.1. The third-order valence-electron chi connectivity index (χ3n) is 3.01. The number of nitrogens with zero attached hydrogens (tertiary/aromatic N) is 3. The maximum Gasteiger partial charge on any atom is 0.164 e. The Balaban J connectivity index is 2.36. The van der Waals surface area contributed by atoms with Gasteiger partial charge < -0.3 is 0 Å². The molecule has 7 heteroatoms. The Morgan fingerprint density at radius 1 is 1.19 bits per heavy atom. The molecule has 0 aliphatic carbocycles. The van der Waals surface area contributed by atoms with Gasteiger partial charge in [-0.25, -0.2) is 18.7 Å². The molecule has 0 N–H and O–H groups in total. The zero-order valence-electron chi connectivity index (χ0n) is 10.7. The number of hydrogen-bond acceptors (Lipinski definition) is 2. The number of imidazole rings is 1. The smallest absolute Gasteiger partial charge is 0.164 e. The highest BCUT2D eigenvalue weighted by Gasteiger charge is 2.19. The molecule has 0 unspecified atom stereocenters. The highest BCUT2D eigenvalue weighted by atomic mass is 35.5. The number of rotatable bonds is 3. The summed E-state index contributed by atoms with van der Waals surface area (Å²) in [4.78, 5) is 8.45. The zero-order valence-corrected chi connectivity index (χ0v) is 12.2. The molecule has 0 fully saturated rings. The molecule has 0 atom stereocenters. The zero-order chi connectivity index (χ0) is 15.0. The van der Waals surface area contributed by atoms with Gasteiger partial charge in [0.15, 0.2) is 5.65 Å². The van der Waals surface area contributed by atoms with E-state index in [1.807, 2.05) is 0 Å². The molecule has 108 valence electrons. The molecule has 2 heterocycles. The summed E-state index contributed by atoms with van der Waals surface area (Å²) in [6, 6.07) is 5.27. The molecule has 3 aromatic rings. The van der Waals surface area contributed by atoms with Crippen LogP contribution in [0.15, 0.2) is 30.5 Å². The van der Waals surface area contributed by atoms with Crippen LogP contribution in [0.3, 0.4) is 0 Å². The minimum atomic E-state index is -0.693. The number of aromatic nitrogens is 3. The number of aryl methyl sites for hydroxylation is 1. The van der Waals surface area contributed by atoms with Crippen molar-refractivity contribution in [3.05, 3.63) is 52.9 Å². The first kappa shape index (κ1) is 14.2. The third-order valence-corrected chi connectivity index (χ3v) is 3.41. The Morgan fingerprint density at radius 3 is 2.57 bits per heavy atom. The fourth-order valence-corrected chi connectivity index (χ4v) is 2.50. The van der Waals surface area contributed by atoms with E-state index < -0.39 is 11.6 Å². The first-order valence-electron chi connectivity index (χ1n) is 6.15. The van der Waals surface area contributed by atoms with E-state index in [2.05, 4.69) is 9.97 Å². The van der Waals surface area contributed by atoms with Crippen LogP contribution in [0.2, 0.25) is 5.02 Å². The van der Waals surface area contributed by atoms with Crippen LogP contribution >= 0.6 is 23.2 Å². The highest BCUT2D eigenvalue weighted by molar-refractivity contribution is 6.31. The van der Waals surface area contributed by atoms with Crippen molar-refractivity contribution in [3.63, 3.8) is 0 Å². The predicted molar refractivity (Wildman–Crippen MR) is 78.2 cm³/mol. The van der Waals surface area contributed by atoms with Gasteiger partial charge >= 0.3 is 0 Å². The molecule has 0 saturated heterocycles. The minimum absolute atomic E-state index is 0.213. The van der Waals surface area contributed by atoms with E-state index in [-0.39, 0.29) is 11.6 Å². The van der Waals surface area contributed by atoms with Crippen molar-refractivity contribution in [3.8, 4) is 5.69 Å². The molecule has 0 spiro atoms. The summed E-state index contributed by atoms with van der Waals surface area (Å²) in [5.74, 6) is -0.685. The van der Waals surface area contributed by atoms with Crippen molar-refractivity contribution in [1.82, 2.24) is 14.5 Å². The van der Waals surface area contributed by atoms with E-state index in [0.29, 0.717) is 28.4 Å². The molecule has 0 bridgehead atoms. The second kappa shape index (κ2) is 5.58. The van der Waals surface area contributed by atoms with Crippen LogP contribution in [0.25, 0.3) is 16.9 Å². The van der Waals surface area contributed by atoms with Gasteiger partial charge in [-0.2, -0.15) is 0 Å². The van der Waals surface area contributed by atoms with Gasteiger partial charge in [-0.1, -0.05) is 17.7 Å². The quantitative estimate of drug-likeness (QED) is 0.677. The largest absolute Gasteiger partial charge is 0.275 e. The molecular formula is C14H9Cl2F2N3. The minimum Gasteiger partial charge on any atom is -0.275 e. The lowest BCUT2D eigenvalue weighted by Crippen LogP contribution is -2.07. The van der Waals surface area contributed by atoms with Crippen molar-refractivity contribution in [2.75, 3.05) is 5.88 Å². The second-order valence-corrected chi connectivity index (χ2v) is 5.18. The monoisotopic (exact) mass is 327 g/mol. The fraction of sp³-hybridized carbons (Fsp3) is 0.143. The lowest BCUT2D eigenvalue weighted by Gasteiger charge is -2.10. The molecule has 0 aliphatic rings. The highest BCUT2D eigenvalue weighted by Crippen LogP contribution is 2.26. The molecule has 3 nitrogen and oxygen atoms in total. The van der Waals surface area contributed by atoms with Crippen LogP contribution in [0.5, 0.6) is 0 Å². The van der Waals surface area contributed by atoms with Gasteiger partial charge in [0.1, 0.15) is 28.7 Å². The van der Waals surface area contributed by atoms with E-state index in [1.165, 1.54) is 29.0 Å². The van der Waals surface area contributed by atoms with Crippen LogP contribution in [0.1, 0.15) is 5.82 Å². The SMILES string of the molecule is Fc1cccc(F)c1-n1c(CCCl)nc2cc(Cl)cnc21. The van der Waals surface area contributed by atoms with Gasteiger partial charge in [-0.15, -0.1) is 11.6 Å². The molecule has 0 aliphatic heterocycles. The van der Waals surface area contributed by atoms with Crippen molar-refractivity contribution >= 4 is 34.4 Å². The average molecular weight is 328 g/mol. The van der Waals surface area contributed by atoms with Crippen molar-refractivity contribution < 1.29 is 8.78 Å². The summed E-state index contributed by atoms with van der Waals surface area (Å²) in [6.07, 6.45) is 1.76. The lowest BCUT2D eigenvalue weighted by atomic mass is 10.2. The van der Waals surface area contributed by atoms with Crippen LogP contribution in [0, 0.1) is 11.6 Å². The number of fused-ring (bicyclic) bond motifs is 1. The summed E-state index contributed by atoms with van der Waals surface area (Å²) >= 11 is 11.6. The van der Waals surface area contributed by atoms with Crippen LogP contribution < -0.4 is 0 Å². The Labute approximate surface area is 129 Å². The Morgan fingerprint density at radius 2 is 1.90 bits per heavy atom. The summed E-state index contributed by atoms with van der Waals surface area (Å²) in [7, 11) is 0. The normalized spacial score (nSPS) is 11.2. The number of para-hydroxylation sites is 1. The summed E-state index contributed by atoms with van der Waals surface area (Å²) in [6.45, 7) is 0. The number of halogens is 4. The predicted octanol–water partition coefficient (Wildman–Crippen LogP) is 4.13. The number of pyridine rings is 1. The van der Waals surface area contributed by atoms with Crippen LogP contribution in [-0.4, -0.2) is 20.4 Å². The van der Waals surface area contributed by atoms with Gasteiger partial charge in [-0.3, -0.25) is 4.57 Å². The van der Waals surface area contributed by atoms with Gasteiger partial charge in [0, 0.05) is 18.5 Å². The molecule has 2 aromatic heterocycles. The third kappa shape index (κ3) is 2.47. The summed E-state index contributed by atoms with van der Waals surface area (Å²) < 4.78 is 29.5. The molecule has 0 saturated carbocycles. The van der Waals surface area contributed by atoms with Crippen molar-refractivity contribution in [2.45, 2.75) is 6.42 Å². The Kier molecular flexibility index (Phi) is 3.78. The molecule has 0 amide bonds. The first-order chi connectivity index (χ1) is 10.1. The number of hydrogen-bond donors (Lipinski definition) is 0. The van der Waals surface area contributed by atoms with Crippen molar-refractivity contribution in [1.29, 1.82) is 0 Å². The van der Waals surface area contributed by atoms with Gasteiger partial charge in [-0.05, 0) is 18.2 Å². The van der Waals surface area contributed by atoms with Gasteiger partial charge in [0.2, 0.25) is 0 Å².